The zero-order chi connectivity index (χ0) is 26.0. The van der Waals surface area contributed by atoms with Gasteiger partial charge in [0.1, 0.15) is 11.8 Å². The van der Waals surface area contributed by atoms with Crippen molar-refractivity contribution in [2.75, 3.05) is 18.7 Å². The van der Waals surface area contributed by atoms with Gasteiger partial charge in [-0.15, -0.1) is 5.10 Å². The van der Waals surface area contributed by atoms with E-state index < -0.39 is 17.6 Å². The molecule has 188 valence electrons. The van der Waals surface area contributed by atoms with E-state index in [1.807, 2.05) is 68.5 Å². The summed E-state index contributed by atoms with van der Waals surface area (Å²) < 4.78 is 5.29. The molecule has 1 aliphatic carbocycles. The zero-order valence-electron chi connectivity index (χ0n) is 20.6. The molecular formula is C26H26N8O3. The normalized spacial score (nSPS) is 22.4. The van der Waals surface area contributed by atoms with Crippen molar-refractivity contribution in [1.29, 1.82) is 0 Å². The molecule has 11 nitrogen and oxygen atoms in total. The van der Waals surface area contributed by atoms with Crippen LogP contribution in [0, 0.1) is 13.8 Å². The van der Waals surface area contributed by atoms with E-state index in [2.05, 4.69) is 36.3 Å². The third-order valence-corrected chi connectivity index (χ3v) is 6.46. The highest BCUT2D eigenvalue weighted by atomic mass is 16.5. The molecule has 2 heterocycles. The number of tetrazole rings is 1. The largest absolute Gasteiger partial charge is 0.385 e. The molecule has 2 atom stereocenters. The predicted octanol–water partition coefficient (Wildman–Crippen LogP) is 2.02. The van der Waals surface area contributed by atoms with E-state index in [0.29, 0.717) is 17.0 Å². The fourth-order valence-electron chi connectivity index (χ4n) is 4.27. The van der Waals surface area contributed by atoms with Crippen molar-refractivity contribution in [3.63, 3.8) is 0 Å². The summed E-state index contributed by atoms with van der Waals surface area (Å²) in [6.07, 6.45) is 4.15. The van der Waals surface area contributed by atoms with E-state index in [-0.39, 0.29) is 18.1 Å². The van der Waals surface area contributed by atoms with Crippen LogP contribution in [0.5, 0.6) is 0 Å². The number of carbonyl (C=O) groups excluding carboxylic acids is 1. The number of hydrazone groups is 2. The molecule has 5 rings (SSSR count). The van der Waals surface area contributed by atoms with Gasteiger partial charge in [-0.1, -0.05) is 48.6 Å². The standard InChI is InChI=1S/C26H26N8O3/c1-16-11-12-19(14-17(16)2)34-24(36)22(21(30-34)15-37-3)27-31-26(25-28-32-33-29-25)13-7-10-20(23(26)35)18-8-5-4-6-9-18/h4-14,23,31,35H,15H2,1-3H3,(H,28,29,32,33)/b27-22-. The monoisotopic (exact) mass is 498 g/mol. The summed E-state index contributed by atoms with van der Waals surface area (Å²) in [5.74, 6) is -0.203. The van der Waals surface area contributed by atoms with Gasteiger partial charge in [-0.2, -0.15) is 15.2 Å². The van der Waals surface area contributed by atoms with E-state index in [1.54, 1.807) is 12.2 Å². The fraction of sp³-hybridized carbons (Fsp3) is 0.231. The van der Waals surface area contributed by atoms with Gasteiger partial charge in [0.25, 0.3) is 0 Å². The van der Waals surface area contributed by atoms with Gasteiger partial charge in [0.05, 0.1) is 12.3 Å². The Kier molecular flexibility index (Phi) is 6.47. The minimum Gasteiger partial charge on any atom is -0.385 e. The quantitative estimate of drug-likeness (QED) is 0.423. The van der Waals surface area contributed by atoms with Gasteiger partial charge in [0.15, 0.2) is 17.1 Å². The Morgan fingerprint density at radius 3 is 2.70 bits per heavy atom. The first-order valence-electron chi connectivity index (χ1n) is 11.6. The number of nitrogens with zero attached hydrogens (tertiary/aromatic N) is 6. The number of nitrogens with one attached hydrogen (secondary N) is 2. The molecule has 0 fully saturated rings. The summed E-state index contributed by atoms with van der Waals surface area (Å²) in [5, 5.41) is 36.0. The maximum Gasteiger partial charge on any atom is 0.301 e. The van der Waals surface area contributed by atoms with Gasteiger partial charge in [0.2, 0.25) is 0 Å². The first-order chi connectivity index (χ1) is 17.9. The number of aryl methyl sites for hydroxylation is 2. The number of allylic oxidation sites excluding steroid dienone is 2. The smallest absolute Gasteiger partial charge is 0.301 e. The molecule has 1 aliphatic heterocycles. The number of hydrogen-bond acceptors (Lipinski definition) is 9. The van der Waals surface area contributed by atoms with Gasteiger partial charge in [-0.3, -0.25) is 10.2 Å². The van der Waals surface area contributed by atoms with Crippen molar-refractivity contribution in [1.82, 2.24) is 26.0 Å². The van der Waals surface area contributed by atoms with Gasteiger partial charge in [-0.25, -0.2) is 5.10 Å². The molecule has 2 aromatic carbocycles. The van der Waals surface area contributed by atoms with Crippen molar-refractivity contribution >= 4 is 28.6 Å². The van der Waals surface area contributed by atoms with Crippen LogP contribution >= 0.6 is 0 Å². The minimum atomic E-state index is -1.39. The number of aromatic nitrogens is 4. The van der Waals surface area contributed by atoms with Crippen molar-refractivity contribution in [2.24, 2.45) is 10.2 Å². The Balaban J connectivity index is 1.52. The number of anilines is 1. The van der Waals surface area contributed by atoms with Gasteiger partial charge in [-0.05, 0) is 64.7 Å². The number of aliphatic hydroxyl groups excluding tert-OH is 1. The number of aromatic amines is 1. The maximum absolute atomic E-state index is 13.5. The lowest BCUT2D eigenvalue weighted by molar-refractivity contribution is -0.112. The summed E-state index contributed by atoms with van der Waals surface area (Å²) in [4.78, 5) is 13.5. The average Bonchev–Trinajstić information content (AvgIpc) is 3.55. The van der Waals surface area contributed by atoms with Crippen LogP contribution in [0.25, 0.3) is 5.57 Å². The van der Waals surface area contributed by atoms with E-state index in [9.17, 15) is 9.90 Å². The Morgan fingerprint density at radius 2 is 2.00 bits per heavy atom. The number of aliphatic hydroxyl groups is 1. The summed E-state index contributed by atoms with van der Waals surface area (Å²) >= 11 is 0. The van der Waals surface area contributed by atoms with E-state index in [1.165, 1.54) is 12.1 Å². The summed E-state index contributed by atoms with van der Waals surface area (Å²) in [6, 6.07) is 15.1. The van der Waals surface area contributed by atoms with Crippen molar-refractivity contribution in [3.8, 4) is 0 Å². The molecule has 0 spiro atoms. The number of rotatable bonds is 7. The molecule has 1 aromatic heterocycles. The Labute approximate surface area is 213 Å². The molecule has 2 unspecified atom stereocenters. The number of ether oxygens (including phenoxy) is 1. The van der Waals surface area contributed by atoms with Crippen molar-refractivity contribution in [3.05, 3.63) is 89.3 Å². The van der Waals surface area contributed by atoms with Crippen molar-refractivity contribution < 1.29 is 14.6 Å². The van der Waals surface area contributed by atoms with E-state index in [0.717, 1.165) is 16.7 Å². The van der Waals surface area contributed by atoms with Crippen LogP contribution in [-0.2, 0) is 15.1 Å². The minimum absolute atomic E-state index is 0.0586. The Bertz CT molecular complexity index is 1430. The van der Waals surface area contributed by atoms with E-state index >= 15 is 0 Å². The second-order valence-corrected chi connectivity index (χ2v) is 8.81. The first-order valence-corrected chi connectivity index (χ1v) is 11.6. The molecule has 2 aliphatic rings. The van der Waals surface area contributed by atoms with Crippen LogP contribution in [0.4, 0.5) is 5.69 Å². The molecule has 37 heavy (non-hydrogen) atoms. The maximum atomic E-state index is 13.5. The van der Waals surface area contributed by atoms with Crippen LogP contribution in [0.1, 0.15) is 22.5 Å². The molecule has 0 saturated heterocycles. The average molecular weight is 499 g/mol. The second kappa shape index (κ2) is 9.88. The first kappa shape index (κ1) is 24.2. The molecule has 3 aromatic rings. The highest BCUT2D eigenvalue weighted by Crippen LogP contribution is 2.36. The van der Waals surface area contributed by atoms with Gasteiger partial charge in [0, 0.05) is 7.11 Å². The SMILES string of the molecule is COCC1=NN(c2ccc(C)c(C)c2)C(=O)/C1=N\NC1(c2nnn[nH]2)C=CC=C(c2ccccc2)C1O. The lowest BCUT2D eigenvalue weighted by Gasteiger charge is -2.36. The molecule has 0 bridgehead atoms. The third kappa shape index (κ3) is 4.34. The van der Waals surface area contributed by atoms with Gasteiger partial charge >= 0.3 is 5.91 Å². The zero-order valence-corrected chi connectivity index (χ0v) is 20.6. The summed E-state index contributed by atoms with van der Waals surface area (Å²) in [5.41, 5.74) is 6.22. The molecule has 11 heteroatoms. The van der Waals surface area contributed by atoms with Crippen LogP contribution < -0.4 is 10.4 Å². The molecular weight excluding hydrogens is 472 g/mol. The van der Waals surface area contributed by atoms with Crippen LogP contribution in [-0.4, -0.2) is 62.9 Å². The van der Waals surface area contributed by atoms with Crippen LogP contribution in [0.3, 0.4) is 0 Å². The number of benzene rings is 2. The fourth-order valence-corrected chi connectivity index (χ4v) is 4.27. The molecule has 0 radical (unpaired) electrons. The number of methoxy groups -OCH3 is 1. The van der Waals surface area contributed by atoms with Crippen LogP contribution in [0.2, 0.25) is 0 Å². The van der Waals surface area contributed by atoms with Gasteiger partial charge < -0.3 is 9.84 Å². The lowest BCUT2D eigenvalue weighted by atomic mass is 9.80. The molecule has 1 amide bonds. The van der Waals surface area contributed by atoms with Crippen molar-refractivity contribution in [2.45, 2.75) is 25.5 Å². The van der Waals surface area contributed by atoms with Crippen LogP contribution in [0.15, 0.2) is 77.0 Å². The Morgan fingerprint density at radius 1 is 1.19 bits per heavy atom. The predicted molar refractivity (Wildman–Crippen MR) is 139 cm³/mol. The number of H-pyrrole nitrogens is 1. The lowest BCUT2D eigenvalue weighted by Crippen LogP contribution is -2.51. The van der Waals surface area contributed by atoms with E-state index in [4.69, 9.17) is 4.74 Å². The molecule has 0 saturated carbocycles. The number of hydrogen-bond donors (Lipinski definition) is 3. The summed E-state index contributed by atoms with van der Waals surface area (Å²) in [7, 11) is 1.52. The highest BCUT2D eigenvalue weighted by molar-refractivity contribution is 6.71. The Hall–Kier alpha value is -4.48. The third-order valence-electron chi connectivity index (χ3n) is 6.46. The topological polar surface area (TPSA) is 141 Å². The second-order valence-electron chi connectivity index (χ2n) is 8.81. The number of carbonyl (C=O) groups is 1. The molecule has 3 N–H and O–H groups in total. The number of amides is 1. The summed E-state index contributed by atoms with van der Waals surface area (Å²) in [6.45, 7) is 4.04. The highest BCUT2D eigenvalue weighted by Gasteiger charge is 2.45.